The van der Waals surface area contributed by atoms with Gasteiger partial charge in [-0.15, -0.1) is 0 Å². The Morgan fingerprint density at radius 1 is 1.30 bits per heavy atom. The minimum absolute atomic E-state index is 0.0660. The molecule has 2 N–H and O–H groups in total. The van der Waals surface area contributed by atoms with E-state index in [0.29, 0.717) is 34.6 Å². The molecule has 6 heteroatoms. The van der Waals surface area contributed by atoms with Gasteiger partial charge < -0.3 is 15.2 Å². The van der Waals surface area contributed by atoms with Gasteiger partial charge in [0.2, 0.25) is 0 Å². The van der Waals surface area contributed by atoms with Crippen LogP contribution in [0.4, 0.5) is 10.1 Å². The van der Waals surface area contributed by atoms with Crippen LogP contribution in [0, 0.1) is 36.9 Å². The molecule has 27 heavy (non-hydrogen) atoms. The van der Waals surface area contributed by atoms with Crippen molar-refractivity contribution in [1.29, 1.82) is 5.26 Å². The number of hydrogen-bond acceptors (Lipinski definition) is 4. The zero-order valence-electron chi connectivity index (χ0n) is 16.1. The van der Waals surface area contributed by atoms with E-state index in [2.05, 4.69) is 6.07 Å². The third-order valence-electron chi connectivity index (χ3n) is 6.20. The van der Waals surface area contributed by atoms with Crippen molar-refractivity contribution in [2.24, 2.45) is 11.7 Å². The summed E-state index contributed by atoms with van der Waals surface area (Å²) in [7, 11) is 0. The molecule has 5 nitrogen and oxygen atoms in total. The van der Waals surface area contributed by atoms with Crippen molar-refractivity contribution in [3.8, 4) is 6.07 Å². The number of rotatable bonds is 3. The summed E-state index contributed by atoms with van der Waals surface area (Å²) in [6, 6.07) is 3.78. The highest BCUT2D eigenvalue weighted by Gasteiger charge is 2.32. The lowest BCUT2D eigenvalue weighted by Crippen LogP contribution is -2.30. The monoisotopic (exact) mass is 368 g/mol. The van der Waals surface area contributed by atoms with E-state index in [-0.39, 0.29) is 29.0 Å². The van der Waals surface area contributed by atoms with Gasteiger partial charge in [-0.2, -0.15) is 5.26 Å². The van der Waals surface area contributed by atoms with E-state index in [4.69, 9.17) is 5.73 Å². The molecular formula is C21H25FN4O. The van der Waals surface area contributed by atoms with Gasteiger partial charge in [-0.1, -0.05) is 0 Å². The molecule has 1 aliphatic heterocycles. The van der Waals surface area contributed by atoms with E-state index in [9.17, 15) is 10.1 Å². The standard InChI is InChI=1S/C21H25FN4O/c1-11-17(9-23)16-8-18(22)20(25-7-6-14(10-25)13(3)24)12(2)19(16)26(21(11)27)15-4-5-15/h8,13-15H,4-7,10,24H2,1-3H3/t13-,14?/m0/s1. The molecule has 0 amide bonds. The highest BCUT2D eigenvalue weighted by Crippen LogP contribution is 2.41. The number of aromatic nitrogens is 1. The first-order valence-corrected chi connectivity index (χ1v) is 9.63. The summed E-state index contributed by atoms with van der Waals surface area (Å²) >= 11 is 0. The minimum Gasteiger partial charge on any atom is -0.369 e. The number of nitrogens with two attached hydrogens (primary N) is 1. The van der Waals surface area contributed by atoms with Crippen LogP contribution in [0.15, 0.2) is 10.9 Å². The maximum atomic E-state index is 15.2. The molecule has 2 atom stereocenters. The smallest absolute Gasteiger partial charge is 0.255 e. The number of anilines is 1. The van der Waals surface area contributed by atoms with E-state index < -0.39 is 0 Å². The zero-order chi connectivity index (χ0) is 19.5. The van der Waals surface area contributed by atoms with Crippen LogP contribution in [0.5, 0.6) is 0 Å². The van der Waals surface area contributed by atoms with Gasteiger partial charge in [0.15, 0.2) is 0 Å². The van der Waals surface area contributed by atoms with Gasteiger partial charge >= 0.3 is 0 Å². The van der Waals surface area contributed by atoms with Crippen LogP contribution in [-0.2, 0) is 0 Å². The minimum atomic E-state index is -0.331. The van der Waals surface area contributed by atoms with Gasteiger partial charge in [-0.05, 0) is 57.6 Å². The summed E-state index contributed by atoms with van der Waals surface area (Å²) in [6.45, 7) is 6.99. The molecule has 142 valence electrons. The molecule has 1 aromatic heterocycles. The average Bonchev–Trinajstić information content (AvgIpc) is 3.33. The van der Waals surface area contributed by atoms with Crippen LogP contribution in [0.3, 0.4) is 0 Å². The first-order chi connectivity index (χ1) is 12.8. The Balaban J connectivity index is 1.99. The van der Waals surface area contributed by atoms with Crippen LogP contribution >= 0.6 is 0 Å². The molecule has 0 radical (unpaired) electrons. The van der Waals surface area contributed by atoms with Gasteiger partial charge in [0.25, 0.3) is 5.56 Å². The summed E-state index contributed by atoms with van der Waals surface area (Å²) < 4.78 is 17.0. The molecule has 1 aromatic carbocycles. The SMILES string of the molecule is Cc1c(C#N)c2cc(F)c(N3CCC([C@H](C)N)C3)c(C)c2n(C2CC2)c1=O. The highest BCUT2D eigenvalue weighted by atomic mass is 19.1. The molecule has 2 heterocycles. The average molecular weight is 368 g/mol. The highest BCUT2D eigenvalue weighted by molar-refractivity contribution is 5.92. The lowest BCUT2D eigenvalue weighted by molar-refractivity contribution is 0.487. The largest absolute Gasteiger partial charge is 0.369 e. The fourth-order valence-corrected chi connectivity index (χ4v) is 4.48. The maximum absolute atomic E-state index is 15.2. The summed E-state index contributed by atoms with van der Waals surface area (Å²) in [6.07, 6.45) is 2.83. The molecule has 0 bridgehead atoms. The predicted octanol–water partition coefficient (Wildman–Crippen LogP) is 3.14. The van der Waals surface area contributed by atoms with E-state index in [1.807, 2.05) is 18.7 Å². The molecule has 1 saturated heterocycles. The first-order valence-electron chi connectivity index (χ1n) is 9.63. The number of halogens is 1. The van der Waals surface area contributed by atoms with E-state index in [1.165, 1.54) is 6.07 Å². The van der Waals surface area contributed by atoms with Gasteiger partial charge in [-0.25, -0.2) is 4.39 Å². The number of aryl methyl sites for hydroxylation is 1. The quantitative estimate of drug-likeness (QED) is 0.903. The van der Waals surface area contributed by atoms with Crippen molar-refractivity contribution < 1.29 is 4.39 Å². The summed E-state index contributed by atoms with van der Waals surface area (Å²) in [5.41, 5.74) is 8.62. The molecule has 4 rings (SSSR count). The molecule has 2 fully saturated rings. The van der Waals surface area contributed by atoms with Crippen molar-refractivity contribution >= 4 is 16.6 Å². The van der Waals surface area contributed by atoms with E-state index in [0.717, 1.165) is 31.4 Å². The Morgan fingerprint density at radius 2 is 2.00 bits per heavy atom. The van der Waals surface area contributed by atoms with Crippen molar-refractivity contribution in [1.82, 2.24) is 4.57 Å². The number of nitrogens with zero attached hydrogens (tertiary/aromatic N) is 3. The Hall–Kier alpha value is -2.39. The Bertz CT molecular complexity index is 1030. The number of benzene rings is 1. The maximum Gasteiger partial charge on any atom is 0.255 e. The Morgan fingerprint density at radius 3 is 2.56 bits per heavy atom. The van der Waals surface area contributed by atoms with Gasteiger partial charge in [0, 0.05) is 36.1 Å². The third kappa shape index (κ3) is 2.72. The van der Waals surface area contributed by atoms with Gasteiger partial charge in [0.1, 0.15) is 11.9 Å². The van der Waals surface area contributed by atoms with Crippen molar-refractivity contribution in [3.63, 3.8) is 0 Å². The second kappa shape index (κ2) is 6.35. The zero-order valence-corrected chi connectivity index (χ0v) is 16.1. The Kier molecular flexibility index (Phi) is 4.23. The van der Waals surface area contributed by atoms with Crippen molar-refractivity contribution in [2.45, 2.75) is 52.1 Å². The molecule has 1 unspecified atom stereocenters. The second-order valence-corrected chi connectivity index (χ2v) is 8.10. The normalized spacial score (nSPS) is 20.9. The molecule has 2 aliphatic rings. The third-order valence-corrected chi connectivity index (χ3v) is 6.20. The van der Waals surface area contributed by atoms with Crippen LogP contribution < -0.4 is 16.2 Å². The topological polar surface area (TPSA) is 75.0 Å². The number of hydrogen-bond donors (Lipinski definition) is 1. The predicted molar refractivity (Wildman–Crippen MR) is 105 cm³/mol. The van der Waals surface area contributed by atoms with E-state index >= 15 is 4.39 Å². The molecule has 2 aromatic rings. The van der Waals surface area contributed by atoms with Gasteiger partial charge in [0.05, 0.1) is 16.8 Å². The molecule has 0 spiro atoms. The Labute approximate surface area is 158 Å². The fourth-order valence-electron chi connectivity index (χ4n) is 4.48. The van der Waals surface area contributed by atoms with E-state index in [1.54, 1.807) is 11.5 Å². The number of nitriles is 1. The van der Waals surface area contributed by atoms with Crippen molar-refractivity contribution in [3.05, 3.63) is 38.9 Å². The van der Waals surface area contributed by atoms with Crippen LogP contribution in [0.25, 0.3) is 10.9 Å². The van der Waals surface area contributed by atoms with Crippen molar-refractivity contribution in [2.75, 3.05) is 18.0 Å². The lowest BCUT2D eigenvalue weighted by atomic mass is 9.99. The van der Waals surface area contributed by atoms with Crippen LogP contribution in [-0.4, -0.2) is 23.7 Å². The lowest BCUT2D eigenvalue weighted by Gasteiger charge is -2.25. The molecular weight excluding hydrogens is 343 g/mol. The first kappa shape index (κ1) is 18.0. The second-order valence-electron chi connectivity index (χ2n) is 8.10. The van der Waals surface area contributed by atoms with Crippen LogP contribution in [0.1, 0.15) is 48.9 Å². The summed E-state index contributed by atoms with van der Waals surface area (Å²) in [4.78, 5) is 15.0. The van der Waals surface area contributed by atoms with Gasteiger partial charge in [-0.3, -0.25) is 4.79 Å². The molecule has 1 saturated carbocycles. The fraction of sp³-hybridized carbons (Fsp3) is 0.524. The van der Waals surface area contributed by atoms with Crippen LogP contribution in [0.2, 0.25) is 0 Å². The summed E-state index contributed by atoms with van der Waals surface area (Å²) in [5, 5.41) is 10.1. The summed E-state index contributed by atoms with van der Waals surface area (Å²) in [5.74, 6) is 0.0000274. The molecule has 1 aliphatic carbocycles. The number of fused-ring (bicyclic) bond motifs is 1. The number of pyridine rings is 1.